The molecule has 0 unspecified atom stereocenters. The molecule has 0 aliphatic rings. The minimum atomic E-state index is -4.08. The zero-order chi connectivity index (χ0) is 14.6. The van der Waals surface area contributed by atoms with E-state index >= 15 is 0 Å². The van der Waals surface area contributed by atoms with Gasteiger partial charge in [-0.25, -0.2) is 12.7 Å². The standard InChI is InChI=1S/C10H12BrFN2O4S/c1-13(7-3-6-11)19(17,18)9-5-2-4-8(12)10(9)14(15)16/h2,4-5H,3,6-7H2,1H3. The average Bonchev–Trinajstić information content (AvgIpc) is 2.34. The Morgan fingerprint density at radius 1 is 1.47 bits per heavy atom. The second-order valence-corrected chi connectivity index (χ2v) is 6.52. The lowest BCUT2D eigenvalue weighted by molar-refractivity contribution is -0.390. The largest absolute Gasteiger partial charge is 0.324 e. The second-order valence-electron chi connectivity index (χ2n) is 3.71. The number of hydrogen-bond donors (Lipinski definition) is 0. The molecule has 6 nitrogen and oxygen atoms in total. The summed E-state index contributed by atoms with van der Waals surface area (Å²) in [6.45, 7) is 0.182. The van der Waals surface area contributed by atoms with Gasteiger partial charge >= 0.3 is 5.69 Å². The molecule has 0 saturated heterocycles. The summed E-state index contributed by atoms with van der Waals surface area (Å²) in [4.78, 5) is 9.14. The van der Waals surface area contributed by atoms with E-state index in [1.807, 2.05) is 0 Å². The Hall–Kier alpha value is -1.06. The molecule has 0 aromatic heterocycles. The minimum absolute atomic E-state index is 0.182. The molecular weight excluding hydrogens is 343 g/mol. The molecule has 106 valence electrons. The first-order chi connectivity index (χ1) is 8.82. The van der Waals surface area contributed by atoms with Crippen LogP contribution in [0, 0.1) is 15.9 Å². The third kappa shape index (κ3) is 3.48. The summed E-state index contributed by atoms with van der Waals surface area (Å²) >= 11 is 3.16. The van der Waals surface area contributed by atoms with Crippen molar-refractivity contribution in [3.8, 4) is 0 Å². The highest BCUT2D eigenvalue weighted by Gasteiger charge is 2.31. The lowest BCUT2D eigenvalue weighted by Gasteiger charge is -2.16. The third-order valence-electron chi connectivity index (χ3n) is 2.43. The van der Waals surface area contributed by atoms with Crippen molar-refractivity contribution >= 4 is 31.6 Å². The number of nitro benzene ring substituents is 1. The number of rotatable bonds is 6. The highest BCUT2D eigenvalue weighted by atomic mass is 79.9. The van der Waals surface area contributed by atoms with Crippen LogP contribution >= 0.6 is 15.9 Å². The van der Waals surface area contributed by atoms with Gasteiger partial charge in [-0.15, -0.1) is 0 Å². The van der Waals surface area contributed by atoms with Gasteiger partial charge in [-0.2, -0.15) is 4.39 Å². The van der Waals surface area contributed by atoms with Gasteiger partial charge in [0, 0.05) is 18.9 Å². The smallest absolute Gasteiger partial charge is 0.258 e. The lowest BCUT2D eigenvalue weighted by Crippen LogP contribution is -2.29. The quantitative estimate of drug-likeness (QED) is 0.445. The van der Waals surface area contributed by atoms with Gasteiger partial charge in [0.25, 0.3) is 0 Å². The maximum atomic E-state index is 13.4. The SMILES string of the molecule is CN(CCCBr)S(=O)(=O)c1cccc(F)c1[N+](=O)[O-]. The number of benzene rings is 1. The summed E-state index contributed by atoms with van der Waals surface area (Å²) in [5, 5.41) is 11.4. The summed E-state index contributed by atoms with van der Waals surface area (Å²) in [5.74, 6) is -1.17. The zero-order valence-corrected chi connectivity index (χ0v) is 12.4. The van der Waals surface area contributed by atoms with Crippen molar-refractivity contribution in [3.63, 3.8) is 0 Å². The molecule has 0 spiro atoms. The summed E-state index contributed by atoms with van der Waals surface area (Å²) in [6, 6.07) is 3.02. The van der Waals surface area contributed by atoms with Crippen LogP contribution in [0.25, 0.3) is 0 Å². The number of nitro groups is 1. The average molecular weight is 355 g/mol. The predicted molar refractivity (Wildman–Crippen MR) is 71.3 cm³/mol. The van der Waals surface area contributed by atoms with Crippen LogP contribution in [-0.2, 0) is 10.0 Å². The van der Waals surface area contributed by atoms with Gasteiger partial charge in [0.1, 0.15) is 0 Å². The van der Waals surface area contributed by atoms with Gasteiger partial charge in [0.05, 0.1) is 4.92 Å². The van der Waals surface area contributed by atoms with Crippen LogP contribution in [0.1, 0.15) is 6.42 Å². The number of hydrogen-bond acceptors (Lipinski definition) is 4. The molecule has 0 atom stereocenters. The summed E-state index contributed by atoms with van der Waals surface area (Å²) in [6.07, 6.45) is 0.541. The molecule has 0 saturated carbocycles. The van der Waals surface area contributed by atoms with Crippen molar-refractivity contribution in [2.24, 2.45) is 0 Å². The fourth-order valence-electron chi connectivity index (χ4n) is 1.45. The highest BCUT2D eigenvalue weighted by molar-refractivity contribution is 9.09. The van der Waals surface area contributed by atoms with Gasteiger partial charge in [-0.3, -0.25) is 10.1 Å². The van der Waals surface area contributed by atoms with Crippen molar-refractivity contribution < 1.29 is 17.7 Å². The maximum Gasteiger partial charge on any atom is 0.324 e. The number of nitrogens with zero attached hydrogens (tertiary/aromatic N) is 2. The van der Waals surface area contributed by atoms with Gasteiger partial charge in [-0.05, 0) is 18.6 Å². The third-order valence-corrected chi connectivity index (χ3v) is 4.88. The first-order valence-electron chi connectivity index (χ1n) is 5.27. The first-order valence-corrected chi connectivity index (χ1v) is 7.83. The van der Waals surface area contributed by atoms with E-state index in [2.05, 4.69) is 15.9 Å². The highest BCUT2D eigenvalue weighted by Crippen LogP contribution is 2.28. The van der Waals surface area contributed by atoms with E-state index in [-0.39, 0.29) is 6.54 Å². The number of sulfonamides is 1. The summed E-state index contributed by atoms with van der Waals surface area (Å²) in [5.41, 5.74) is -1.02. The van der Waals surface area contributed by atoms with Crippen LogP contribution in [0.3, 0.4) is 0 Å². The molecule has 1 aromatic carbocycles. The van der Waals surface area contributed by atoms with E-state index in [0.717, 1.165) is 22.5 Å². The molecule has 0 radical (unpaired) electrons. The zero-order valence-electron chi connectivity index (χ0n) is 10.0. The van der Waals surface area contributed by atoms with Crippen molar-refractivity contribution in [3.05, 3.63) is 34.1 Å². The van der Waals surface area contributed by atoms with Crippen LogP contribution in [0.5, 0.6) is 0 Å². The van der Waals surface area contributed by atoms with Gasteiger partial charge < -0.3 is 0 Å². The van der Waals surface area contributed by atoms with Gasteiger partial charge in [0.2, 0.25) is 15.8 Å². The van der Waals surface area contributed by atoms with Crippen LogP contribution in [-0.4, -0.2) is 36.6 Å². The Bertz CT molecular complexity index is 579. The van der Waals surface area contributed by atoms with Crippen molar-refractivity contribution in [1.82, 2.24) is 4.31 Å². The van der Waals surface area contributed by atoms with Crippen LogP contribution in [0.15, 0.2) is 23.1 Å². The second kappa shape index (κ2) is 6.40. The predicted octanol–water partition coefficient (Wildman–Crippen LogP) is 2.14. The monoisotopic (exact) mass is 354 g/mol. The number of halogens is 2. The van der Waals surface area contributed by atoms with Crippen LogP contribution < -0.4 is 0 Å². The van der Waals surface area contributed by atoms with E-state index in [9.17, 15) is 22.9 Å². The minimum Gasteiger partial charge on any atom is -0.258 e. The van der Waals surface area contributed by atoms with E-state index in [1.165, 1.54) is 7.05 Å². The van der Waals surface area contributed by atoms with E-state index < -0.39 is 31.3 Å². The number of para-hydroxylation sites is 1. The molecule has 0 aliphatic heterocycles. The molecule has 1 aromatic rings. The molecule has 0 fully saturated rings. The van der Waals surface area contributed by atoms with E-state index in [4.69, 9.17) is 0 Å². The topological polar surface area (TPSA) is 80.5 Å². The van der Waals surface area contributed by atoms with Crippen LogP contribution in [0.2, 0.25) is 0 Å². The Labute approximate surface area is 118 Å². The fourth-order valence-corrected chi connectivity index (χ4v) is 3.07. The van der Waals surface area contributed by atoms with E-state index in [0.29, 0.717) is 11.8 Å². The molecule has 0 heterocycles. The Kier molecular flexibility index (Phi) is 5.39. The van der Waals surface area contributed by atoms with Gasteiger partial charge in [0.15, 0.2) is 4.90 Å². The Balaban J connectivity index is 3.29. The lowest BCUT2D eigenvalue weighted by atomic mass is 10.3. The normalized spacial score (nSPS) is 11.8. The summed E-state index contributed by atoms with van der Waals surface area (Å²) < 4.78 is 38.7. The number of alkyl halides is 1. The maximum absolute atomic E-state index is 13.4. The molecule has 19 heavy (non-hydrogen) atoms. The Morgan fingerprint density at radius 2 is 2.11 bits per heavy atom. The first kappa shape index (κ1) is 16.0. The molecule has 0 aliphatic carbocycles. The van der Waals surface area contributed by atoms with Crippen molar-refractivity contribution in [2.75, 3.05) is 18.9 Å². The molecule has 0 N–H and O–H groups in total. The van der Waals surface area contributed by atoms with Gasteiger partial charge in [-0.1, -0.05) is 22.0 Å². The van der Waals surface area contributed by atoms with Crippen molar-refractivity contribution in [1.29, 1.82) is 0 Å². The molecule has 0 amide bonds. The molecular formula is C10H12BrFN2O4S. The van der Waals surface area contributed by atoms with Crippen LogP contribution in [0.4, 0.5) is 10.1 Å². The molecule has 9 heteroatoms. The van der Waals surface area contributed by atoms with E-state index in [1.54, 1.807) is 0 Å². The summed E-state index contributed by atoms with van der Waals surface area (Å²) in [7, 11) is -2.78. The molecule has 0 bridgehead atoms. The van der Waals surface area contributed by atoms with Crippen molar-refractivity contribution in [2.45, 2.75) is 11.3 Å². The molecule has 1 rings (SSSR count). The fraction of sp³-hybridized carbons (Fsp3) is 0.400. The Morgan fingerprint density at radius 3 is 2.63 bits per heavy atom.